The molecule has 2 aromatic heterocycles. The van der Waals surface area contributed by atoms with Crippen molar-refractivity contribution in [1.29, 1.82) is 0 Å². The first-order valence-corrected chi connectivity index (χ1v) is 18.0. The average molecular weight is 658 g/mol. The van der Waals surface area contributed by atoms with Gasteiger partial charge in [-0.1, -0.05) is 127 Å². The highest BCUT2D eigenvalue weighted by Crippen LogP contribution is 2.53. The van der Waals surface area contributed by atoms with E-state index < -0.39 is 0 Å². The first-order chi connectivity index (χ1) is 25.8. The summed E-state index contributed by atoms with van der Waals surface area (Å²) in [6, 6.07) is 60.4. The summed E-state index contributed by atoms with van der Waals surface area (Å²) in [7, 11) is 0. The molecule has 0 unspecified atom stereocenters. The molecule has 0 amide bonds. The normalized spacial score (nSPS) is 12.6. The molecule has 2 aliphatic carbocycles. The van der Waals surface area contributed by atoms with Gasteiger partial charge in [-0.2, -0.15) is 0 Å². The summed E-state index contributed by atoms with van der Waals surface area (Å²) < 4.78 is 9.26. The van der Waals surface area contributed by atoms with Crippen LogP contribution in [-0.4, -0.2) is 4.57 Å². The molecule has 2 heterocycles. The Bertz CT molecular complexity index is 3380. The van der Waals surface area contributed by atoms with Crippen LogP contribution in [0.2, 0.25) is 0 Å². The van der Waals surface area contributed by atoms with Gasteiger partial charge in [-0.05, 0) is 108 Å². The highest BCUT2D eigenvalue weighted by molar-refractivity contribution is 6.32. The van der Waals surface area contributed by atoms with Crippen molar-refractivity contribution in [3.05, 3.63) is 164 Å². The fraction of sp³-hybridized carbons (Fsp3) is 0. The zero-order valence-corrected chi connectivity index (χ0v) is 27.9. The summed E-state index contributed by atoms with van der Waals surface area (Å²) >= 11 is 0. The molecule has 2 heteroatoms. The molecule has 2 aliphatic rings. The standard InChI is InChI=1S/C50H27NO/c1-2-13-32-31(12-1)37-18-8-17-36-30(22-23-39(32)46(36)37)28-10-7-11-29(26-28)51-44-25-24-40-35-16-5-6-21-45(35)52-50(40)48(44)43-27-42-34-15-4-3-14-33(34)38-19-9-20-41(47(38)42)49(43)51/h1-27H. The minimum absolute atomic E-state index is 0.917. The number of furan rings is 1. The smallest absolute Gasteiger partial charge is 0.145 e. The third-order valence-electron chi connectivity index (χ3n) is 11.9. The molecule has 13 rings (SSSR count). The zero-order chi connectivity index (χ0) is 33.7. The van der Waals surface area contributed by atoms with Crippen molar-refractivity contribution >= 4 is 65.3 Å². The number of fused-ring (bicyclic) bond motifs is 14. The van der Waals surface area contributed by atoms with E-state index in [4.69, 9.17) is 4.42 Å². The molecule has 0 radical (unpaired) electrons. The molecule has 52 heavy (non-hydrogen) atoms. The molecule has 9 aromatic carbocycles. The summed E-state index contributed by atoms with van der Waals surface area (Å²) in [4.78, 5) is 0. The molecule has 0 N–H and O–H groups in total. The number of nitrogens with zero attached hydrogens (tertiary/aromatic N) is 1. The van der Waals surface area contributed by atoms with E-state index in [0.29, 0.717) is 0 Å². The van der Waals surface area contributed by atoms with Crippen LogP contribution in [0, 0.1) is 0 Å². The molecule has 0 spiro atoms. The second-order valence-corrected chi connectivity index (χ2v) is 14.3. The molecule has 0 fully saturated rings. The minimum atomic E-state index is 0.917. The number of rotatable bonds is 2. The number of para-hydroxylation sites is 1. The lowest BCUT2D eigenvalue weighted by Gasteiger charge is -2.14. The van der Waals surface area contributed by atoms with Gasteiger partial charge in [0.05, 0.1) is 16.4 Å². The topological polar surface area (TPSA) is 18.1 Å². The van der Waals surface area contributed by atoms with E-state index in [0.717, 1.165) is 38.5 Å². The highest BCUT2D eigenvalue weighted by atomic mass is 16.3. The number of aromatic nitrogens is 1. The number of hydrogen-bond donors (Lipinski definition) is 0. The van der Waals surface area contributed by atoms with Crippen LogP contribution < -0.4 is 0 Å². The molecule has 0 bridgehead atoms. The van der Waals surface area contributed by atoms with Crippen LogP contribution in [0.4, 0.5) is 0 Å². The van der Waals surface area contributed by atoms with Crippen molar-refractivity contribution in [3.63, 3.8) is 0 Å². The zero-order valence-electron chi connectivity index (χ0n) is 27.9. The molecular weight excluding hydrogens is 631 g/mol. The maximum Gasteiger partial charge on any atom is 0.145 e. The molecular formula is C50H27NO. The first kappa shape index (κ1) is 26.9. The average Bonchev–Trinajstić information content (AvgIpc) is 3.94. The maximum atomic E-state index is 6.77. The Morgan fingerprint density at radius 3 is 1.73 bits per heavy atom. The molecule has 2 nitrogen and oxygen atoms in total. The van der Waals surface area contributed by atoms with Gasteiger partial charge in [-0.3, -0.25) is 0 Å². The van der Waals surface area contributed by atoms with E-state index in [-0.39, 0.29) is 0 Å². The minimum Gasteiger partial charge on any atom is -0.455 e. The largest absolute Gasteiger partial charge is 0.455 e. The van der Waals surface area contributed by atoms with E-state index in [1.807, 2.05) is 0 Å². The SMILES string of the molecule is c1cc(-c2ccc3c4c(cccc24)-c2ccccc2-3)cc(-n2c3ccc4c5ccccc5oc4c3c3cc4c5c(cccc5c32)-c2ccccc2-4)c1. The second kappa shape index (κ2) is 9.45. The van der Waals surface area contributed by atoms with Crippen LogP contribution in [0.5, 0.6) is 0 Å². The fourth-order valence-electron chi connectivity index (χ4n) is 9.78. The van der Waals surface area contributed by atoms with Crippen molar-refractivity contribution in [1.82, 2.24) is 4.57 Å². The summed E-state index contributed by atoms with van der Waals surface area (Å²) in [6.45, 7) is 0. The first-order valence-electron chi connectivity index (χ1n) is 18.0. The molecule has 0 saturated carbocycles. The van der Waals surface area contributed by atoms with Gasteiger partial charge < -0.3 is 8.98 Å². The molecule has 0 aliphatic heterocycles. The van der Waals surface area contributed by atoms with E-state index in [1.54, 1.807) is 0 Å². The van der Waals surface area contributed by atoms with Gasteiger partial charge in [0.2, 0.25) is 0 Å². The molecule has 0 atom stereocenters. The third-order valence-corrected chi connectivity index (χ3v) is 11.9. The molecule has 238 valence electrons. The summed E-state index contributed by atoms with van der Waals surface area (Å²) in [5, 5.41) is 9.89. The second-order valence-electron chi connectivity index (χ2n) is 14.3. The summed E-state index contributed by atoms with van der Waals surface area (Å²) in [5.41, 5.74) is 18.3. The Balaban J connectivity index is 1.14. The van der Waals surface area contributed by atoms with E-state index >= 15 is 0 Å². The van der Waals surface area contributed by atoms with Crippen molar-refractivity contribution in [2.24, 2.45) is 0 Å². The Morgan fingerprint density at radius 1 is 0.346 bits per heavy atom. The molecule has 11 aromatic rings. The van der Waals surface area contributed by atoms with Gasteiger partial charge in [-0.15, -0.1) is 0 Å². The lowest BCUT2D eigenvalue weighted by atomic mass is 9.94. The van der Waals surface area contributed by atoms with Crippen molar-refractivity contribution in [3.8, 4) is 61.3 Å². The Morgan fingerprint density at radius 2 is 0.942 bits per heavy atom. The van der Waals surface area contributed by atoms with E-state index in [1.165, 1.54) is 88.1 Å². The van der Waals surface area contributed by atoms with E-state index in [9.17, 15) is 0 Å². The fourth-order valence-corrected chi connectivity index (χ4v) is 9.78. The van der Waals surface area contributed by atoms with Crippen molar-refractivity contribution in [2.75, 3.05) is 0 Å². The lowest BCUT2D eigenvalue weighted by molar-refractivity contribution is 0.673. The van der Waals surface area contributed by atoms with Crippen LogP contribution in [-0.2, 0) is 0 Å². The van der Waals surface area contributed by atoms with Gasteiger partial charge in [-0.25, -0.2) is 0 Å². The third kappa shape index (κ3) is 3.22. The summed E-state index contributed by atoms with van der Waals surface area (Å²) in [6.07, 6.45) is 0. The van der Waals surface area contributed by atoms with Crippen LogP contribution >= 0.6 is 0 Å². The van der Waals surface area contributed by atoms with Crippen molar-refractivity contribution < 1.29 is 4.42 Å². The van der Waals surface area contributed by atoms with Gasteiger partial charge in [0.25, 0.3) is 0 Å². The van der Waals surface area contributed by atoms with Gasteiger partial charge in [0, 0.05) is 27.2 Å². The van der Waals surface area contributed by atoms with Crippen LogP contribution in [0.3, 0.4) is 0 Å². The monoisotopic (exact) mass is 657 g/mol. The van der Waals surface area contributed by atoms with Crippen molar-refractivity contribution in [2.45, 2.75) is 0 Å². The summed E-state index contributed by atoms with van der Waals surface area (Å²) in [5.74, 6) is 0. The maximum absolute atomic E-state index is 6.77. The van der Waals surface area contributed by atoms with Gasteiger partial charge >= 0.3 is 0 Å². The quantitative estimate of drug-likeness (QED) is 0.181. The van der Waals surface area contributed by atoms with Gasteiger partial charge in [0.1, 0.15) is 11.2 Å². The highest BCUT2D eigenvalue weighted by Gasteiger charge is 2.28. The number of benzene rings is 9. The predicted molar refractivity (Wildman–Crippen MR) is 217 cm³/mol. The molecule has 0 saturated heterocycles. The lowest BCUT2D eigenvalue weighted by Crippen LogP contribution is -1.95. The predicted octanol–water partition coefficient (Wildman–Crippen LogP) is 14.0. The van der Waals surface area contributed by atoms with Crippen LogP contribution in [0.25, 0.3) is 127 Å². The van der Waals surface area contributed by atoms with Gasteiger partial charge in [0.15, 0.2) is 0 Å². The Kier molecular flexibility index (Phi) is 4.89. The van der Waals surface area contributed by atoms with E-state index in [2.05, 4.69) is 168 Å². The van der Waals surface area contributed by atoms with Crippen LogP contribution in [0.1, 0.15) is 0 Å². The number of hydrogen-bond acceptors (Lipinski definition) is 1. The Hall–Kier alpha value is -6.90. The van der Waals surface area contributed by atoms with Crippen LogP contribution in [0.15, 0.2) is 168 Å². The Labute approximate surface area is 298 Å².